The van der Waals surface area contributed by atoms with E-state index in [4.69, 9.17) is 16.3 Å². The lowest BCUT2D eigenvalue weighted by Crippen LogP contribution is -2.44. The summed E-state index contributed by atoms with van der Waals surface area (Å²) in [4.78, 5) is 10.2. The van der Waals surface area contributed by atoms with Gasteiger partial charge in [-0.15, -0.1) is 0 Å². The van der Waals surface area contributed by atoms with Crippen LogP contribution in [-0.4, -0.2) is 49.4 Å². The van der Waals surface area contributed by atoms with Crippen LogP contribution in [0, 0.1) is 0 Å². The van der Waals surface area contributed by atoms with Crippen LogP contribution >= 0.6 is 11.6 Å². The largest absolute Gasteiger partial charge is 0.374 e. The number of anilines is 1. The summed E-state index contributed by atoms with van der Waals surface area (Å²) >= 11 is 5.79. The van der Waals surface area contributed by atoms with Crippen molar-refractivity contribution in [1.29, 1.82) is 0 Å². The first-order valence-corrected chi connectivity index (χ1v) is 5.64. The molecule has 16 heavy (non-hydrogen) atoms. The second kappa shape index (κ2) is 5.43. The maximum absolute atomic E-state index is 5.79. The molecule has 88 valence electrons. The molecule has 0 saturated carbocycles. The minimum absolute atomic E-state index is 0.194. The van der Waals surface area contributed by atoms with E-state index >= 15 is 0 Å². The smallest absolute Gasteiger partial charge is 0.149 e. The number of nitrogens with zero attached hydrogens (tertiary/aromatic N) is 3. The van der Waals surface area contributed by atoms with Crippen LogP contribution in [0.4, 0.5) is 5.82 Å². The van der Waals surface area contributed by atoms with Gasteiger partial charge in [-0.3, -0.25) is 4.98 Å². The summed E-state index contributed by atoms with van der Waals surface area (Å²) in [5.74, 6) is 0.765. The van der Waals surface area contributed by atoms with Gasteiger partial charge in [-0.2, -0.15) is 0 Å². The number of aromatic nitrogens is 2. The van der Waals surface area contributed by atoms with Gasteiger partial charge in [-0.05, 0) is 0 Å². The van der Waals surface area contributed by atoms with Crippen molar-refractivity contribution in [3.8, 4) is 0 Å². The van der Waals surface area contributed by atoms with E-state index in [9.17, 15) is 0 Å². The molecule has 6 heteroatoms. The Balaban J connectivity index is 1.94. The number of halogens is 1. The molecule has 0 spiro atoms. The summed E-state index contributed by atoms with van der Waals surface area (Å²) in [6, 6.07) is 0. The van der Waals surface area contributed by atoms with Crippen LogP contribution in [0.15, 0.2) is 12.4 Å². The van der Waals surface area contributed by atoms with Crippen molar-refractivity contribution in [1.82, 2.24) is 15.3 Å². The number of rotatable bonds is 3. The average Bonchev–Trinajstić information content (AvgIpc) is 2.30. The lowest BCUT2D eigenvalue weighted by molar-refractivity contribution is 0.0339. The highest BCUT2D eigenvalue weighted by atomic mass is 35.5. The minimum Gasteiger partial charge on any atom is -0.374 e. The number of morpholine rings is 1. The van der Waals surface area contributed by atoms with Crippen molar-refractivity contribution >= 4 is 17.4 Å². The molecule has 5 nitrogen and oxygen atoms in total. The number of ether oxygens (including phenoxy) is 1. The fourth-order valence-corrected chi connectivity index (χ4v) is 1.80. The molecule has 2 heterocycles. The van der Waals surface area contributed by atoms with Gasteiger partial charge in [-0.1, -0.05) is 11.6 Å². The molecule has 1 unspecified atom stereocenters. The normalized spacial score (nSPS) is 20.8. The van der Waals surface area contributed by atoms with Crippen LogP contribution in [0.25, 0.3) is 0 Å². The molecule has 1 N–H and O–H groups in total. The van der Waals surface area contributed by atoms with E-state index < -0.39 is 0 Å². The third kappa shape index (κ3) is 3.04. The van der Waals surface area contributed by atoms with E-state index in [1.807, 2.05) is 11.9 Å². The van der Waals surface area contributed by atoms with Gasteiger partial charge in [0.2, 0.25) is 0 Å². The predicted molar refractivity (Wildman–Crippen MR) is 62.9 cm³/mol. The number of hydrogen-bond donors (Lipinski definition) is 1. The number of hydrogen-bond acceptors (Lipinski definition) is 5. The Morgan fingerprint density at radius 2 is 2.50 bits per heavy atom. The van der Waals surface area contributed by atoms with Crippen molar-refractivity contribution in [2.75, 3.05) is 38.2 Å². The van der Waals surface area contributed by atoms with Crippen molar-refractivity contribution < 1.29 is 4.74 Å². The first kappa shape index (κ1) is 11.6. The topological polar surface area (TPSA) is 50.3 Å². The van der Waals surface area contributed by atoms with E-state index in [0.29, 0.717) is 5.15 Å². The van der Waals surface area contributed by atoms with Crippen molar-refractivity contribution in [3.63, 3.8) is 0 Å². The van der Waals surface area contributed by atoms with Crippen LogP contribution in [0.1, 0.15) is 0 Å². The second-order valence-electron chi connectivity index (χ2n) is 3.78. The van der Waals surface area contributed by atoms with Gasteiger partial charge < -0.3 is 15.0 Å². The van der Waals surface area contributed by atoms with Gasteiger partial charge >= 0.3 is 0 Å². The summed E-state index contributed by atoms with van der Waals surface area (Å²) in [7, 11) is 1.96. The molecule has 1 saturated heterocycles. The third-order valence-corrected chi connectivity index (χ3v) is 2.65. The zero-order valence-corrected chi connectivity index (χ0v) is 9.94. The van der Waals surface area contributed by atoms with Gasteiger partial charge in [0.1, 0.15) is 11.0 Å². The summed E-state index contributed by atoms with van der Waals surface area (Å²) in [6.45, 7) is 3.34. The van der Waals surface area contributed by atoms with Crippen LogP contribution in [0.2, 0.25) is 5.15 Å². The molecule has 0 radical (unpaired) electrons. The van der Waals surface area contributed by atoms with E-state index in [0.717, 1.165) is 32.1 Å². The number of nitrogens with one attached hydrogen (secondary N) is 1. The molecule has 1 atom stereocenters. The highest BCUT2D eigenvalue weighted by Crippen LogP contribution is 2.12. The van der Waals surface area contributed by atoms with E-state index in [1.165, 1.54) is 6.20 Å². The highest BCUT2D eigenvalue weighted by molar-refractivity contribution is 6.29. The summed E-state index contributed by atoms with van der Waals surface area (Å²) in [6.07, 6.45) is 3.42. The summed E-state index contributed by atoms with van der Waals surface area (Å²) in [5.41, 5.74) is 0. The Morgan fingerprint density at radius 3 is 3.19 bits per heavy atom. The Hall–Kier alpha value is -0.910. The maximum atomic E-state index is 5.79. The average molecular weight is 243 g/mol. The summed E-state index contributed by atoms with van der Waals surface area (Å²) < 4.78 is 5.61. The molecule has 1 fully saturated rings. The Labute approximate surface area is 99.8 Å². The molecule has 0 amide bonds. The van der Waals surface area contributed by atoms with Gasteiger partial charge in [0.15, 0.2) is 0 Å². The predicted octanol–water partition coefficient (Wildman–Crippen LogP) is 0.555. The standard InChI is InChI=1S/C10H15ClN4O/c1-15(7-8-4-12-2-3-16-8)10-6-13-5-9(11)14-10/h5-6,8,12H,2-4,7H2,1H3. The van der Waals surface area contributed by atoms with Crippen molar-refractivity contribution in [2.24, 2.45) is 0 Å². The Kier molecular flexibility index (Phi) is 3.93. The molecule has 0 aromatic carbocycles. The van der Waals surface area contributed by atoms with Gasteiger partial charge in [-0.25, -0.2) is 4.98 Å². The first-order chi connectivity index (χ1) is 7.75. The van der Waals surface area contributed by atoms with Crippen molar-refractivity contribution in [3.05, 3.63) is 17.5 Å². The molecule has 1 aliphatic rings. The summed E-state index contributed by atoms with van der Waals surface area (Å²) in [5, 5.41) is 3.70. The number of likely N-dealkylation sites (N-methyl/N-ethyl adjacent to an activating group) is 1. The van der Waals surface area contributed by atoms with E-state index in [2.05, 4.69) is 15.3 Å². The van der Waals surface area contributed by atoms with Gasteiger partial charge in [0.25, 0.3) is 0 Å². The van der Waals surface area contributed by atoms with E-state index in [-0.39, 0.29) is 6.10 Å². The molecule has 1 aliphatic heterocycles. The monoisotopic (exact) mass is 242 g/mol. The maximum Gasteiger partial charge on any atom is 0.149 e. The van der Waals surface area contributed by atoms with Crippen LogP contribution < -0.4 is 10.2 Å². The Morgan fingerprint density at radius 1 is 1.62 bits per heavy atom. The third-order valence-electron chi connectivity index (χ3n) is 2.47. The molecular weight excluding hydrogens is 228 g/mol. The molecule has 0 aliphatic carbocycles. The van der Waals surface area contributed by atoms with Crippen LogP contribution in [0.3, 0.4) is 0 Å². The minimum atomic E-state index is 0.194. The van der Waals surface area contributed by atoms with Gasteiger partial charge in [0, 0.05) is 26.7 Å². The SMILES string of the molecule is CN(CC1CNCCO1)c1cncc(Cl)n1. The van der Waals surface area contributed by atoms with Crippen LogP contribution in [0.5, 0.6) is 0 Å². The molecule has 1 aromatic rings. The second-order valence-corrected chi connectivity index (χ2v) is 4.16. The molecular formula is C10H15ClN4O. The molecule has 1 aromatic heterocycles. The molecule has 2 rings (SSSR count). The fourth-order valence-electron chi connectivity index (χ4n) is 1.65. The van der Waals surface area contributed by atoms with E-state index in [1.54, 1.807) is 6.20 Å². The van der Waals surface area contributed by atoms with Gasteiger partial charge in [0.05, 0.1) is 25.1 Å². The fraction of sp³-hybridized carbons (Fsp3) is 0.600. The highest BCUT2D eigenvalue weighted by Gasteiger charge is 2.16. The van der Waals surface area contributed by atoms with Crippen molar-refractivity contribution in [2.45, 2.75) is 6.10 Å². The lowest BCUT2D eigenvalue weighted by atomic mass is 10.3. The quantitative estimate of drug-likeness (QED) is 0.839. The first-order valence-electron chi connectivity index (χ1n) is 5.26. The van der Waals surface area contributed by atoms with Crippen LogP contribution in [-0.2, 0) is 4.74 Å². The zero-order chi connectivity index (χ0) is 11.4. The zero-order valence-electron chi connectivity index (χ0n) is 9.19. The Bertz CT molecular complexity index is 343. The lowest BCUT2D eigenvalue weighted by Gasteiger charge is -2.28. The molecule has 0 bridgehead atoms.